The Morgan fingerprint density at radius 1 is 1.32 bits per heavy atom. The van der Waals surface area contributed by atoms with E-state index in [1.807, 2.05) is 12.1 Å². The maximum absolute atomic E-state index is 12.1. The number of aromatic nitrogens is 2. The minimum absolute atomic E-state index is 0.270. The van der Waals surface area contributed by atoms with E-state index in [2.05, 4.69) is 27.6 Å². The topological polar surface area (TPSA) is 68.0 Å². The summed E-state index contributed by atoms with van der Waals surface area (Å²) in [6.45, 7) is 1.75. The van der Waals surface area contributed by atoms with E-state index >= 15 is 0 Å². The maximum atomic E-state index is 12.1. The van der Waals surface area contributed by atoms with E-state index in [-0.39, 0.29) is 11.6 Å². The molecule has 5 nitrogen and oxygen atoms in total. The summed E-state index contributed by atoms with van der Waals surface area (Å²) in [5, 5.41) is 7.13. The third-order valence-corrected chi connectivity index (χ3v) is 4.70. The van der Waals surface area contributed by atoms with Crippen LogP contribution >= 0.6 is 11.3 Å². The number of hydrogen-bond donors (Lipinski definition) is 1. The molecule has 6 heteroatoms. The fourth-order valence-corrected chi connectivity index (χ4v) is 3.61. The molecule has 3 aromatic rings. The number of nitrogens with zero attached hydrogens (tertiary/aromatic N) is 2. The number of amides is 1. The normalized spacial score (nSPS) is 12.6. The third-order valence-electron chi connectivity index (χ3n) is 3.67. The Bertz CT molecular complexity index is 866. The number of anilines is 1. The van der Waals surface area contributed by atoms with Crippen molar-refractivity contribution in [3.8, 4) is 11.3 Å². The molecule has 2 heterocycles. The zero-order valence-electron chi connectivity index (χ0n) is 11.9. The van der Waals surface area contributed by atoms with Gasteiger partial charge in [-0.2, -0.15) is 0 Å². The highest BCUT2D eigenvalue weighted by Crippen LogP contribution is 2.37. The molecule has 0 fully saturated rings. The van der Waals surface area contributed by atoms with Crippen LogP contribution in [-0.2, 0) is 12.8 Å². The van der Waals surface area contributed by atoms with E-state index in [1.165, 1.54) is 21.8 Å². The molecule has 0 saturated heterocycles. The number of aryl methyl sites for hydroxylation is 3. The highest BCUT2D eigenvalue weighted by molar-refractivity contribution is 7.16. The highest BCUT2D eigenvalue weighted by Gasteiger charge is 2.21. The van der Waals surface area contributed by atoms with Crippen molar-refractivity contribution in [2.75, 3.05) is 5.32 Å². The van der Waals surface area contributed by atoms with Gasteiger partial charge in [0.2, 0.25) is 0 Å². The van der Waals surface area contributed by atoms with Crippen molar-refractivity contribution in [3.63, 3.8) is 0 Å². The number of fused-ring (bicyclic) bond motifs is 3. The lowest BCUT2D eigenvalue weighted by Crippen LogP contribution is -2.11. The predicted molar refractivity (Wildman–Crippen MR) is 84.2 cm³/mol. The zero-order valence-corrected chi connectivity index (χ0v) is 12.7. The molecule has 110 valence electrons. The number of nitrogens with one attached hydrogen (secondary N) is 1. The van der Waals surface area contributed by atoms with Gasteiger partial charge in [0, 0.05) is 16.5 Å². The number of carbonyl (C=O) groups excluding carboxylic acids is 1. The molecule has 1 amide bonds. The van der Waals surface area contributed by atoms with Crippen LogP contribution in [-0.4, -0.2) is 16.0 Å². The Labute approximate surface area is 131 Å². The SMILES string of the molecule is Cc1cc(C(=O)Nc2nc3c(s2)CCc2ccccc2-3)no1. The Morgan fingerprint density at radius 3 is 3.00 bits per heavy atom. The van der Waals surface area contributed by atoms with Crippen molar-refractivity contribution in [2.45, 2.75) is 19.8 Å². The first-order chi connectivity index (χ1) is 10.7. The van der Waals surface area contributed by atoms with Crippen LogP contribution in [0.3, 0.4) is 0 Å². The van der Waals surface area contributed by atoms with Crippen molar-refractivity contribution in [1.82, 2.24) is 10.1 Å². The second-order valence-corrected chi connectivity index (χ2v) is 6.31. The fourth-order valence-electron chi connectivity index (χ4n) is 2.64. The number of carbonyl (C=O) groups is 1. The second kappa shape index (κ2) is 5.06. The molecular formula is C16H13N3O2S. The smallest absolute Gasteiger partial charge is 0.279 e. The standard InChI is InChI=1S/C16H13N3O2S/c1-9-8-12(19-21-9)15(20)18-16-17-14-11-5-3-2-4-10(11)6-7-13(14)22-16/h2-5,8H,6-7H2,1H3,(H,17,18,20). The summed E-state index contributed by atoms with van der Waals surface area (Å²) in [4.78, 5) is 17.9. The van der Waals surface area contributed by atoms with Gasteiger partial charge in [0.05, 0.1) is 5.69 Å². The van der Waals surface area contributed by atoms with Crippen molar-refractivity contribution < 1.29 is 9.32 Å². The second-order valence-electron chi connectivity index (χ2n) is 5.22. The van der Waals surface area contributed by atoms with Crippen LogP contribution in [0.1, 0.15) is 26.7 Å². The van der Waals surface area contributed by atoms with Gasteiger partial charge >= 0.3 is 0 Å². The first-order valence-corrected chi connectivity index (χ1v) is 7.85. The largest absolute Gasteiger partial charge is 0.361 e. The first-order valence-electron chi connectivity index (χ1n) is 7.03. The minimum Gasteiger partial charge on any atom is -0.361 e. The molecule has 4 rings (SSSR count). The average Bonchev–Trinajstić information content (AvgIpc) is 3.13. The van der Waals surface area contributed by atoms with E-state index in [1.54, 1.807) is 13.0 Å². The summed E-state index contributed by atoms with van der Waals surface area (Å²) in [6, 6.07) is 9.89. The molecule has 0 spiro atoms. The lowest BCUT2D eigenvalue weighted by Gasteiger charge is -2.13. The predicted octanol–water partition coefficient (Wildman–Crippen LogP) is 3.46. The quantitative estimate of drug-likeness (QED) is 0.787. The summed E-state index contributed by atoms with van der Waals surface area (Å²) >= 11 is 1.53. The lowest BCUT2D eigenvalue weighted by atomic mass is 9.94. The van der Waals surface area contributed by atoms with Gasteiger partial charge in [0.15, 0.2) is 10.8 Å². The van der Waals surface area contributed by atoms with Crippen LogP contribution in [0, 0.1) is 6.92 Å². The van der Waals surface area contributed by atoms with Gasteiger partial charge < -0.3 is 4.52 Å². The molecule has 2 aromatic heterocycles. The molecule has 0 radical (unpaired) electrons. The van der Waals surface area contributed by atoms with E-state index in [4.69, 9.17) is 4.52 Å². The molecule has 1 N–H and O–H groups in total. The van der Waals surface area contributed by atoms with Crippen LogP contribution < -0.4 is 5.32 Å². The maximum Gasteiger partial charge on any atom is 0.279 e. The number of thiazole rings is 1. The van der Waals surface area contributed by atoms with Crippen molar-refractivity contribution in [2.24, 2.45) is 0 Å². The number of benzene rings is 1. The molecule has 1 aliphatic carbocycles. The molecule has 0 saturated carbocycles. The van der Waals surface area contributed by atoms with Crippen molar-refractivity contribution in [3.05, 3.63) is 52.2 Å². The van der Waals surface area contributed by atoms with E-state index in [0.717, 1.165) is 24.1 Å². The van der Waals surface area contributed by atoms with Crippen LogP contribution in [0.25, 0.3) is 11.3 Å². The first kappa shape index (κ1) is 13.2. The number of hydrogen-bond acceptors (Lipinski definition) is 5. The van der Waals surface area contributed by atoms with E-state index in [9.17, 15) is 4.79 Å². The van der Waals surface area contributed by atoms with E-state index in [0.29, 0.717) is 10.9 Å². The van der Waals surface area contributed by atoms with Gasteiger partial charge in [0.25, 0.3) is 5.91 Å². The monoisotopic (exact) mass is 311 g/mol. The van der Waals surface area contributed by atoms with Crippen LogP contribution in [0.15, 0.2) is 34.9 Å². The van der Waals surface area contributed by atoms with Gasteiger partial charge in [-0.1, -0.05) is 29.4 Å². The van der Waals surface area contributed by atoms with Gasteiger partial charge in [0.1, 0.15) is 5.76 Å². The van der Waals surface area contributed by atoms with Crippen molar-refractivity contribution >= 4 is 22.4 Å². The Hall–Kier alpha value is -2.47. The Kier molecular flexibility index (Phi) is 3.04. The molecule has 0 aliphatic heterocycles. The van der Waals surface area contributed by atoms with Crippen LogP contribution in [0.4, 0.5) is 5.13 Å². The van der Waals surface area contributed by atoms with Gasteiger partial charge in [-0.15, -0.1) is 11.3 Å². The molecule has 22 heavy (non-hydrogen) atoms. The summed E-state index contributed by atoms with van der Waals surface area (Å²) in [5.41, 5.74) is 3.73. The Balaban J connectivity index is 1.64. The van der Waals surface area contributed by atoms with Gasteiger partial charge in [-0.25, -0.2) is 4.98 Å². The summed E-state index contributed by atoms with van der Waals surface area (Å²) in [7, 11) is 0. The van der Waals surface area contributed by atoms with Gasteiger partial charge in [-0.05, 0) is 25.3 Å². The van der Waals surface area contributed by atoms with Crippen molar-refractivity contribution in [1.29, 1.82) is 0 Å². The Morgan fingerprint density at radius 2 is 2.18 bits per heavy atom. The molecule has 1 aliphatic rings. The molecule has 0 atom stereocenters. The van der Waals surface area contributed by atoms with Crippen LogP contribution in [0.5, 0.6) is 0 Å². The van der Waals surface area contributed by atoms with E-state index < -0.39 is 0 Å². The zero-order chi connectivity index (χ0) is 15.1. The average molecular weight is 311 g/mol. The third kappa shape index (κ3) is 2.21. The molecular weight excluding hydrogens is 298 g/mol. The summed E-state index contributed by atoms with van der Waals surface area (Å²) < 4.78 is 4.92. The summed E-state index contributed by atoms with van der Waals surface area (Å²) in [5.74, 6) is 0.314. The van der Waals surface area contributed by atoms with Crippen LogP contribution in [0.2, 0.25) is 0 Å². The highest BCUT2D eigenvalue weighted by atomic mass is 32.1. The summed E-state index contributed by atoms with van der Waals surface area (Å²) in [6.07, 6.45) is 1.98. The molecule has 1 aromatic carbocycles. The van der Waals surface area contributed by atoms with Gasteiger partial charge in [-0.3, -0.25) is 10.1 Å². The molecule has 0 bridgehead atoms. The minimum atomic E-state index is -0.295. The lowest BCUT2D eigenvalue weighted by molar-refractivity contribution is 0.101. The molecule has 0 unspecified atom stereocenters. The number of rotatable bonds is 2. The fraction of sp³-hybridized carbons (Fsp3) is 0.188.